The lowest BCUT2D eigenvalue weighted by Crippen LogP contribution is -2.26. The van der Waals surface area contributed by atoms with Gasteiger partial charge in [-0.15, -0.1) is 0 Å². The zero-order valence-electron chi connectivity index (χ0n) is 9.48. The first kappa shape index (κ1) is 15.1. The highest BCUT2D eigenvalue weighted by Crippen LogP contribution is 2.33. The van der Waals surface area contributed by atoms with Crippen LogP contribution in [0.3, 0.4) is 0 Å². The van der Waals surface area contributed by atoms with Gasteiger partial charge in [-0.2, -0.15) is 13.2 Å². The van der Waals surface area contributed by atoms with Crippen molar-refractivity contribution in [3.63, 3.8) is 0 Å². The van der Waals surface area contributed by atoms with Crippen LogP contribution in [0.25, 0.3) is 0 Å². The molecule has 1 aromatic heterocycles. The molecule has 0 bridgehead atoms. The zero-order valence-corrected chi connectivity index (χ0v) is 9.48. The van der Waals surface area contributed by atoms with Gasteiger partial charge >= 0.3 is 12.1 Å². The summed E-state index contributed by atoms with van der Waals surface area (Å²) >= 11 is 0. The molecule has 1 N–H and O–H groups in total. The van der Waals surface area contributed by atoms with Crippen LogP contribution in [0, 0.1) is 0 Å². The van der Waals surface area contributed by atoms with Gasteiger partial charge in [0.2, 0.25) is 0 Å². The largest absolute Gasteiger partial charge is 0.469 e. The van der Waals surface area contributed by atoms with Gasteiger partial charge in [0.1, 0.15) is 5.56 Å². The quantitative estimate of drug-likeness (QED) is 0.683. The fourth-order valence-corrected chi connectivity index (χ4v) is 1.42. The number of esters is 1. The highest BCUT2D eigenvalue weighted by Gasteiger charge is 2.39. The summed E-state index contributed by atoms with van der Waals surface area (Å²) in [5, 5.41) is 0. The summed E-state index contributed by atoms with van der Waals surface area (Å²) in [6.07, 6.45) is -9.30. The molecule has 1 heterocycles. The predicted octanol–water partition coefficient (Wildman–Crippen LogP) is 2.05. The monoisotopic (exact) mass is 285 g/mol. The molecule has 0 saturated heterocycles. The van der Waals surface area contributed by atoms with E-state index in [1.165, 1.54) is 0 Å². The van der Waals surface area contributed by atoms with E-state index in [0.717, 1.165) is 7.11 Å². The number of carbonyl (C=O) groups is 1. The highest BCUT2D eigenvalue weighted by molar-refractivity contribution is 5.71. The van der Waals surface area contributed by atoms with Crippen molar-refractivity contribution in [1.29, 1.82) is 0 Å². The Balaban J connectivity index is 3.38. The van der Waals surface area contributed by atoms with Gasteiger partial charge in [-0.25, -0.2) is 8.78 Å². The molecule has 1 aromatic rings. The van der Waals surface area contributed by atoms with E-state index in [9.17, 15) is 31.5 Å². The zero-order chi connectivity index (χ0) is 14.8. The molecule has 0 fully saturated rings. The molecule has 0 saturated carbocycles. The molecule has 0 aliphatic heterocycles. The van der Waals surface area contributed by atoms with Gasteiger partial charge in [-0.1, -0.05) is 0 Å². The number of pyridine rings is 1. The summed E-state index contributed by atoms with van der Waals surface area (Å²) in [4.78, 5) is 23.9. The molecule has 0 amide bonds. The first-order chi connectivity index (χ1) is 8.66. The van der Waals surface area contributed by atoms with Crippen molar-refractivity contribution < 1.29 is 31.5 Å². The molecule has 106 valence electrons. The fourth-order valence-electron chi connectivity index (χ4n) is 1.42. The van der Waals surface area contributed by atoms with Crippen molar-refractivity contribution in [2.45, 2.75) is 19.0 Å². The number of methoxy groups -OCH3 is 1. The molecule has 0 aliphatic carbocycles. The number of rotatable bonds is 3. The summed E-state index contributed by atoms with van der Waals surface area (Å²) in [5.74, 6) is -0.879. The second-order valence-corrected chi connectivity index (χ2v) is 3.51. The van der Waals surface area contributed by atoms with Gasteiger partial charge in [0.15, 0.2) is 0 Å². The van der Waals surface area contributed by atoms with E-state index in [0.29, 0.717) is 6.07 Å². The summed E-state index contributed by atoms with van der Waals surface area (Å²) in [6, 6.07) is 0.436. The van der Waals surface area contributed by atoms with Crippen molar-refractivity contribution in [2.75, 3.05) is 7.11 Å². The van der Waals surface area contributed by atoms with Crippen molar-refractivity contribution in [2.24, 2.45) is 0 Å². The molecular formula is C10H8F5NO3. The Hall–Kier alpha value is -1.93. The van der Waals surface area contributed by atoms with Crippen molar-refractivity contribution in [1.82, 2.24) is 4.98 Å². The Morgan fingerprint density at radius 3 is 2.42 bits per heavy atom. The molecule has 0 aliphatic rings. The molecule has 0 aromatic carbocycles. The smallest absolute Gasteiger partial charge is 0.422 e. The van der Waals surface area contributed by atoms with E-state index in [2.05, 4.69) is 4.74 Å². The Labute approximate surface area is 103 Å². The Bertz CT molecular complexity index is 535. The van der Waals surface area contributed by atoms with Crippen LogP contribution < -0.4 is 5.56 Å². The van der Waals surface area contributed by atoms with Gasteiger partial charge in [0.05, 0.1) is 13.5 Å². The Kier molecular flexibility index (Phi) is 4.28. The molecular weight excluding hydrogens is 277 g/mol. The second kappa shape index (κ2) is 5.37. The van der Waals surface area contributed by atoms with Crippen LogP contribution in [-0.2, 0) is 22.1 Å². The Morgan fingerprint density at radius 2 is 2.00 bits per heavy atom. The van der Waals surface area contributed by atoms with Gasteiger partial charge in [0, 0.05) is 11.3 Å². The molecule has 1 rings (SSSR count). The minimum absolute atomic E-state index is 0.375. The lowest BCUT2D eigenvalue weighted by atomic mass is 10.1. The van der Waals surface area contributed by atoms with Gasteiger partial charge in [-0.3, -0.25) is 9.59 Å². The molecule has 4 nitrogen and oxygen atoms in total. The normalized spacial score (nSPS) is 11.7. The maximum absolute atomic E-state index is 12.6. The third kappa shape index (κ3) is 3.52. The van der Waals surface area contributed by atoms with Crippen LogP contribution in [0.1, 0.15) is 23.2 Å². The number of alkyl halides is 5. The van der Waals surface area contributed by atoms with E-state index < -0.39 is 41.7 Å². The lowest BCUT2D eigenvalue weighted by molar-refractivity contribution is -0.140. The molecule has 19 heavy (non-hydrogen) atoms. The van der Waals surface area contributed by atoms with Gasteiger partial charge in [0.25, 0.3) is 12.0 Å². The molecule has 0 unspecified atom stereocenters. The van der Waals surface area contributed by atoms with Crippen LogP contribution in [0.5, 0.6) is 0 Å². The molecule has 0 spiro atoms. The average molecular weight is 285 g/mol. The number of halogens is 5. The summed E-state index contributed by atoms with van der Waals surface area (Å²) in [5.41, 5.74) is -5.52. The second-order valence-electron chi connectivity index (χ2n) is 3.51. The Morgan fingerprint density at radius 1 is 1.42 bits per heavy atom. The average Bonchev–Trinajstić information content (AvgIpc) is 2.25. The van der Waals surface area contributed by atoms with Crippen LogP contribution >= 0.6 is 0 Å². The van der Waals surface area contributed by atoms with Crippen LogP contribution in [0.4, 0.5) is 22.0 Å². The minimum Gasteiger partial charge on any atom is -0.469 e. The van der Waals surface area contributed by atoms with Crippen LogP contribution in [0.2, 0.25) is 0 Å². The van der Waals surface area contributed by atoms with Gasteiger partial charge in [-0.05, 0) is 6.07 Å². The molecule has 9 heteroatoms. The van der Waals surface area contributed by atoms with E-state index in [1.54, 1.807) is 4.98 Å². The summed E-state index contributed by atoms with van der Waals surface area (Å²) < 4.78 is 66.8. The highest BCUT2D eigenvalue weighted by atomic mass is 19.4. The third-order valence-electron chi connectivity index (χ3n) is 2.20. The minimum atomic E-state index is -5.21. The first-order valence-corrected chi connectivity index (χ1v) is 4.85. The number of carbonyl (C=O) groups excluding carboxylic acids is 1. The predicted molar refractivity (Wildman–Crippen MR) is 52.7 cm³/mol. The topological polar surface area (TPSA) is 59.2 Å². The number of ether oxygens (including phenoxy) is 1. The first-order valence-electron chi connectivity index (χ1n) is 4.85. The molecule has 0 radical (unpaired) electrons. The molecule has 0 atom stereocenters. The van der Waals surface area contributed by atoms with Crippen LogP contribution in [0.15, 0.2) is 10.9 Å². The number of H-pyrrole nitrogens is 1. The van der Waals surface area contributed by atoms with Crippen molar-refractivity contribution >= 4 is 5.97 Å². The van der Waals surface area contributed by atoms with E-state index in [4.69, 9.17) is 0 Å². The van der Waals surface area contributed by atoms with Crippen LogP contribution in [-0.4, -0.2) is 18.1 Å². The number of aromatic amines is 1. The SMILES string of the molecule is COC(=O)Cc1cc(C(F)F)c(C(F)(F)F)c(=O)[nH]1. The van der Waals surface area contributed by atoms with E-state index >= 15 is 0 Å². The number of hydrogen-bond donors (Lipinski definition) is 1. The van der Waals surface area contributed by atoms with Crippen molar-refractivity contribution in [3.05, 3.63) is 33.2 Å². The van der Waals surface area contributed by atoms with Crippen molar-refractivity contribution in [3.8, 4) is 0 Å². The third-order valence-corrected chi connectivity index (χ3v) is 2.20. The summed E-state index contributed by atoms with van der Waals surface area (Å²) in [6.45, 7) is 0. The van der Waals surface area contributed by atoms with E-state index in [-0.39, 0.29) is 5.69 Å². The maximum atomic E-state index is 12.6. The number of hydrogen-bond acceptors (Lipinski definition) is 3. The fraction of sp³-hybridized carbons (Fsp3) is 0.400. The standard InChI is InChI=1S/C10H8F5NO3/c1-19-6(17)3-4-2-5(8(11)12)7(9(18)16-4)10(13,14)15/h2,8H,3H2,1H3,(H,16,18). The summed E-state index contributed by atoms with van der Waals surface area (Å²) in [7, 11) is 1.01. The van der Waals surface area contributed by atoms with E-state index in [1.807, 2.05) is 0 Å². The number of nitrogens with one attached hydrogen (secondary N) is 1. The number of aromatic nitrogens is 1. The lowest BCUT2D eigenvalue weighted by Gasteiger charge is -2.12. The maximum Gasteiger partial charge on any atom is 0.422 e. The van der Waals surface area contributed by atoms with Gasteiger partial charge < -0.3 is 9.72 Å².